The SMILES string of the molecule is C[N+]1(C)CCO[C@@H](CC(=O)N2CC(Oc3ccc4c(c3C(=O)O)O[B-](O)(O)[C@H]3C[C@@H]43)C2)C1. The third-order valence-corrected chi connectivity index (χ3v) is 7.10. The maximum absolute atomic E-state index is 12.6. The van der Waals surface area contributed by atoms with Gasteiger partial charge in [-0.05, 0) is 17.5 Å². The van der Waals surface area contributed by atoms with Crippen LogP contribution in [0, 0.1) is 0 Å². The Bertz CT molecular complexity index is 961. The van der Waals surface area contributed by atoms with Crippen molar-refractivity contribution in [3.8, 4) is 11.5 Å². The van der Waals surface area contributed by atoms with E-state index in [2.05, 4.69) is 14.1 Å². The summed E-state index contributed by atoms with van der Waals surface area (Å²) in [6.07, 6.45) is 0.430. The molecule has 11 heteroatoms. The van der Waals surface area contributed by atoms with Crippen LogP contribution >= 0.6 is 0 Å². The fourth-order valence-electron chi connectivity index (χ4n) is 5.12. The van der Waals surface area contributed by atoms with Crippen LogP contribution in [0.15, 0.2) is 12.1 Å². The van der Waals surface area contributed by atoms with E-state index in [0.29, 0.717) is 38.1 Å². The Morgan fingerprint density at radius 1 is 1.28 bits per heavy atom. The lowest BCUT2D eigenvalue weighted by Crippen LogP contribution is -2.58. The molecule has 4 aliphatic rings. The molecule has 174 valence electrons. The highest BCUT2D eigenvalue weighted by molar-refractivity contribution is 6.62. The van der Waals surface area contributed by atoms with Crippen molar-refractivity contribution < 1.29 is 43.4 Å². The molecular weight excluding hydrogens is 419 g/mol. The van der Waals surface area contributed by atoms with E-state index in [1.54, 1.807) is 17.0 Å². The van der Waals surface area contributed by atoms with Gasteiger partial charge in [0.1, 0.15) is 36.6 Å². The van der Waals surface area contributed by atoms with Crippen LogP contribution < -0.4 is 9.39 Å². The Labute approximate surface area is 185 Å². The van der Waals surface area contributed by atoms with Crippen molar-refractivity contribution in [3.05, 3.63) is 23.3 Å². The summed E-state index contributed by atoms with van der Waals surface area (Å²) in [7, 11) is 4.25. The summed E-state index contributed by atoms with van der Waals surface area (Å²) < 4.78 is 17.8. The molecule has 0 spiro atoms. The van der Waals surface area contributed by atoms with Crippen molar-refractivity contribution >= 4 is 18.6 Å². The Morgan fingerprint density at radius 2 is 2.03 bits per heavy atom. The molecular formula is C21H29BN2O8. The number of morpholine rings is 1. The van der Waals surface area contributed by atoms with Gasteiger partial charge in [0.25, 0.3) is 0 Å². The zero-order chi connectivity index (χ0) is 22.8. The molecule has 10 nitrogen and oxygen atoms in total. The first-order chi connectivity index (χ1) is 15.0. The van der Waals surface area contributed by atoms with Gasteiger partial charge in [-0.2, -0.15) is 0 Å². The van der Waals surface area contributed by atoms with Gasteiger partial charge in [-0.3, -0.25) is 4.79 Å². The van der Waals surface area contributed by atoms with Crippen LogP contribution in [0.5, 0.6) is 11.5 Å². The van der Waals surface area contributed by atoms with Crippen LogP contribution in [0.4, 0.5) is 0 Å². The van der Waals surface area contributed by atoms with Gasteiger partial charge in [0.15, 0.2) is 0 Å². The van der Waals surface area contributed by atoms with Crippen LogP contribution in [0.25, 0.3) is 0 Å². The molecule has 5 rings (SSSR count). The fourth-order valence-corrected chi connectivity index (χ4v) is 5.12. The van der Waals surface area contributed by atoms with Crippen LogP contribution in [0.3, 0.4) is 0 Å². The van der Waals surface area contributed by atoms with Gasteiger partial charge >= 0.3 is 12.7 Å². The predicted octanol–water partition coefficient (Wildman–Crippen LogP) is 0.0131. The quantitative estimate of drug-likeness (QED) is 0.425. The molecule has 3 N–H and O–H groups in total. The molecule has 1 aliphatic carbocycles. The van der Waals surface area contributed by atoms with E-state index in [-0.39, 0.29) is 46.9 Å². The maximum atomic E-state index is 12.6. The standard InChI is InChI=1S/C21H29BN2O8/c1-24(2)5-6-30-12(11-24)7-18(25)23-9-13(10-23)31-17-4-3-14-15-8-16(15)22(28,29)32-20(14)19(17)21(26)27/h3-4,12-13,15-16,28-29H,5-11H2,1-2H3,(H,26,27)/t12-,15-,16-/m0/s1. The zero-order valence-electron chi connectivity index (χ0n) is 18.3. The smallest absolute Gasteiger partial charge is 0.434 e. The monoisotopic (exact) mass is 448 g/mol. The number of quaternary nitrogens is 1. The van der Waals surface area contributed by atoms with Gasteiger partial charge in [-0.25, -0.2) is 4.79 Å². The van der Waals surface area contributed by atoms with Crippen molar-refractivity contribution in [3.63, 3.8) is 0 Å². The topological polar surface area (TPSA) is 126 Å². The van der Waals surface area contributed by atoms with E-state index in [1.807, 2.05) is 0 Å². The maximum Gasteiger partial charge on any atom is 0.434 e. The average molecular weight is 448 g/mol. The lowest BCUT2D eigenvalue weighted by Gasteiger charge is -2.42. The molecule has 32 heavy (non-hydrogen) atoms. The van der Waals surface area contributed by atoms with Crippen molar-refractivity contribution in [1.29, 1.82) is 0 Å². The first-order valence-electron chi connectivity index (χ1n) is 11.1. The number of benzene rings is 1. The van der Waals surface area contributed by atoms with E-state index >= 15 is 0 Å². The van der Waals surface area contributed by atoms with E-state index < -0.39 is 12.7 Å². The predicted molar refractivity (Wildman–Crippen MR) is 113 cm³/mol. The average Bonchev–Trinajstić information content (AvgIpc) is 3.44. The van der Waals surface area contributed by atoms with Crippen LogP contribution in [-0.2, 0) is 9.53 Å². The normalized spacial score (nSPS) is 29.8. The number of ether oxygens (including phenoxy) is 2. The summed E-state index contributed by atoms with van der Waals surface area (Å²) in [5, 5.41) is 30.0. The molecule has 1 saturated carbocycles. The molecule has 1 amide bonds. The zero-order valence-corrected chi connectivity index (χ0v) is 18.3. The number of likely N-dealkylation sites (N-methyl/N-ethyl adjacent to an activating group) is 1. The van der Waals surface area contributed by atoms with Crippen molar-refractivity contribution in [2.24, 2.45) is 0 Å². The van der Waals surface area contributed by atoms with E-state index in [0.717, 1.165) is 17.6 Å². The lowest BCUT2D eigenvalue weighted by atomic mass is 9.68. The second-order valence-corrected chi connectivity index (χ2v) is 10.1. The number of nitrogens with zero attached hydrogens (tertiary/aromatic N) is 2. The number of hydrogen-bond donors (Lipinski definition) is 3. The number of fused-ring (bicyclic) bond motifs is 3. The number of carboxylic acids is 1. The first-order valence-corrected chi connectivity index (χ1v) is 11.1. The third kappa shape index (κ3) is 3.83. The highest BCUT2D eigenvalue weighted by Gasteiger charge is 2.55. The number of carbonyl (C=O) groups is 2. The molecule has 3 fully saturated rings. The minimum absolute atomic E-state index is 0.00296. The van der Waals surface area contributed by atoms with Gasteiger partial charge in [0.05, 0.1) is 46.0 Å². The number of likely N-dealkylation sites (tertiary alicyclic amines) is 1. The molecule has 0 aromatic heterocycles. The molecule has 3 atom stereocenters. The van der Waals surface area contributed by atoms with E-state index in [4.69, 9.17) is 14.1 Å². The highest BCUT2D eigenvalue weighted by atomic mass is 16.6. The fraction of sp³-hybridized carbons (Fsp3) is 0.619. The minimum Gasteiger partial charge on any atom is -0.669 e. The van der Waals surface area contributed by atoms with Crippen molar-refractivity contribution in [1.82, 2.24) is 4.90 Å². The number of rotatable bonds is 5. The summed E-state index contributed by atoms with van der Waals surface area (Å²) in [5.74, 6) is -1.68. The Hall–Kier alpha value is -2.34. The minimum atomic E-state index is -3.09. The van der Waals surface area contributed by atoms with Gasteiger partial charge in [-0.1, -0.05) is 18.3 Å². The summed E-state index contributed by atoms with van der Waals surface area (Å²) in [6.45, 7) is -0.00876. The summed E-state index contributed by atoms with van der Waals surface area (Å²) in [5.41, 5.74) is 0.460. The van der Waals surface area contributed by atoms with Crippen LogP contribution in [0.1, 0.15) is 34.7 Å². The number of carboxylic acid groups (broad SMARTS) is 1. The molecule has 0 radical (unpaired) electrons. The van der Waals surface area contributed by atoms with E-state index in [9.17, 15) is 24.7 Å². The summed E-state index contributed by atoms with van der Waals surface area (Å²) in [4.78, 5) is 26.2. The highest BCUT2D eigenvalue weighted by Crippen LogP contribution is 2.63. The van der Waals surface area contributed by atoms with Crippen LogP contribution in [0.2, 0.25) is 5.82 Å². The largest absolute Gasteiger partial charge is 0.669 e. The second-order valence-electron chi connectivity index (χ2n) is 10.1. The molecule has 3 heterocycles. The van der Waals surface area contributed by atoms with Gasteiger partial charge in [-0.15, -0.1) is 0 Å². The number of carbonyl (C=O) groups excluding carboxylic acids is 1. The molecule has 0 unspecified atom stereocenters. The summed E-state index contributed by atoms with van der Waals surface area (Å²) in [6, 6.07) is 3.32. The molecule has 0 bridgehead atoms. The lowest BCUT2D eigenvalue weighted by molar-refractivity contribution is -0.901. The van der Waals surface area contributed by atoms with Crippen molar-refractivity contribution in [2.45, 2.75) is 36.8 Å². The molecule has 1 aromatic rings. The molecule has 2 saturated heterocycles. The van der Waals surface area contributed by atoms with Crippen molar-refractivity contribution in [2.75, 3.05) is 46.9 Å². The first kappa shape index (κ1) is 21.5. The number of hydrogen-bond acceptors (Lipinski definition) is 7. The van der Waals surface area contributed by atoms with Gasteiger partial charge in [0, 0.05) is 0 Å². The third-order valence-electron chi connectivity index (χ3n) is 7.10. The van der Waals surface area contributed by atoms with E-state index in [1.165, 1.54) is 0 Å². The molecule has 3 aliphatic heterocycles. The van der Waals surface area contributed by atoms with Gasteiger partial charge < -0.3 is 38.7 Å². The molecule has 1 aromatic carbocycles. The Kier molecular flexibility index (Phi) is 4.93. The Morgan fingerprint density at radius 3 is 2.72 bits per heavy atom. The second kappa shape index (κ2) is 7.34. The summed E-state index contributed by atoms with van der Waals surface area (Å²) >= 11 is 0. The number of aromatic carboxylic acids is 1. The van der Waals surface area contributed by atoms with Crippen LogP contribution in [-0.4, -0.2) is 102 Å². The van der Waals surface area contributed by atoms with Gasteiger partial charge in [0.2, 0.25) is 5.91 Å². The number of amides is 1. The Balaban J connectivity index is 1.23.